The molecule has 4 nitrogen and oxygen atoms in total. The van der Waals surface area contributed by atoms with Crippen LogP contribution in [-0.4, -0.2) is 41.1 Å². The van der Waals surface area contributed by atoms with Gasteiger partial charge in [0.25, 0.3) is 0 Å². The fourth-order valence-corrected chi connectivity index (χ4v) is 1.85. The van der Waals surface area contributed by atoms with E-state index in [1.807, 2.05) is 0 Å². The molecule has 0 aromatic rings. The quantitative estimate of drug-likeness (QED) is 0.528. The van der Waals surface area contributed by atoms with Gasteiger partial charge in [-0.25, -0.2) is 5.01 Å². The molecule has 0 spiro atoms. The van der Waals surface area contributed by atoms with Crippen LogP contribution in [0.3, 0.4) is 0 Å². The van der Waals surface area contributed by atoms with Crippen molar-refractivity contribution in [3.05, 3.63) is 12.7 Å². The molecule has 4 heteroatoms. The summed E-state index contributed by atoms with van der Waals surface area (Å²) >= 11 is 0. The molecule has 0 aromatic carbocycles. The molecule has 0 radical (unpaired) electrons. The zero-order valence-electron chi connectivity index (χ0n) is 10.9. The summed E-state index contributed by atoms with van der Waals surface area (Å²) in [5.41, 5.74) is 5.42. The van der Waals surface area contributed by atoms with E-state index in [9.17, 15) is 4.79 Å². The number of nitrogens with zero attached hydrogens (tertiary/aromatic N) is 2. The summed E-state index contributed by atoms with van der Waals surface area (Å²) in [6.07, 6.45) is 2.12. The Balaban J connectivity index is 4.83. The average Bonchev–Trinajstić information content (AvgIpc) is 2.16. The number of rotatable bonds is 7. The van der Waals surface area contributed by atoms with Crippen molar-refractivity contribution in [2.75, 3.05) is 13.1 Å². The molecule has 0 aliphatic rings. The van der Waals surface area contributed by atoms with Gasteiger partial charge in [-0.2, -0.15) is 0 Å². The predicted octanol–water partition coefficient (Wildman–Crippen LogP) is 1.38. The largest absolute Gasteiger partial charge is 0.330 e. The SMILES string of the molecule is C=CCN(C(=O)CCN)N(C(C)C)C(C)C. The molecule has 0 saturated carbocycles. The summed E-state index contributed by atoms with van der Waals surface area (Å²) in [5, 5.41) is 3.81. The summed E-state index contributed by atoms with van der Waals surface area (Å²) in [6, 6.07) is 0.559. The molecular formula is C12H25N3O. The fraction of sp³-hybridized carbons (Fsp3) is 0.750. The minimum atomic E-state index is 0.0600. The third kappa shape index (κ3) is 4.33. The van der Waals surface area contributed by atoms with E-state index in [4.69, 9.17) is 5.73 Å². The van der Waals surface area contributed by atoms with Gasteiger partial charge in [-0.3, -0.25) is 9.80 Å². The minimum Gasteiger partial charge on any atom is -0.330 e. The number of nitrogens with two attached hydrogens (primary N) is 1. The zero-order chi connectivity index (χ0) is 12.7. The number of carbonyl (C=O) groups is 1. The van der Waals surface area contributed by atoms with E-state index in [0.717, 1.165) is 0 Å². The van der Waals surface area contributed by atoms with Crippen molar-refractivity contribution < 1.29 is 4.79 Å². The summed E-state index contributed by atoms with van der Waals surface area (Å²) in [4.78, 5) is 11.9. The number of hydrogen-bond acceptors (Lipinski definition) is 3. The lowest BCUT2D eigenvalue weighted by molar-refractivity contribution is -0.155. The number of carbonyl (C=O) groups excluding carboxylic acids is 1. The lowest BCUT2D eigenvalue weighted by atomic mass is 10.2. The normalized spacial score (nSPS) is 11.2. The first-order valence-corrected chi connectivity index (χ1v) is 5.85. The molecule has 0 bridgehead atoms. The molecular weight excluding hydrogens is 202 g/mol. The van der Waals surface area contributed by atoms with E-state index in [0.29, 0.717) is 19.5 Å². The van der Waals surface area contributed by atoms with Crippen molar-refractivity contribution in [1.29, 1.82) is 0 Å². The summed E-state index contributed by atoms with van der Waals surface area (Å²) in [5.74, 6) is 0.0600. The van der Waals surface area contributed by atoms with Gasteiger partial charge in [0.1, 0.15) is 0 Å². The first-order valence-electron chi connectivity index (χ1n) is 5.85. The molecule has 0 unspecified atom stereocenters. The Morgan fingerprint density at radius 3 is 2.12 bits per heavy atom. The van der Waals surface area contributed by atoms with Crippen molar-refractivity contribution in [3.63, 3.8) is 0 Å². The maximum absolute atomic E-state index is 11.9. The van der Waals surface area contributed by atoms with Gasteiger partial charge in [-0.15, -0.1) is 6.58 Å². The van der Waals surface area contributed by atoms with Crippen molar-refractivity contribution in [2.45, 2.75) is 46.2 Å². The monoisotopic (exact) mass is 227 g/mol. The lowest BCUT2D eigenvalue weighted by Crippen LogP contribution is -2.53. The molecule has 0 atom stereocenters. The molecule has 0 fully saturated rings. The smallest absolute Gasteiger partial charge is 0.238 e. The van der Waals surface area contributed by atoms with Crippen molar-refractivity contribution >= 4 is 5.91 Å². The first kappa shape index (κ1) is 15.1. The van der Waals surface area contributed by atoms with E-state index in [1.165, 1.54) is 0 Å². The van der Waals surface area contributed by atoms with Crippen LogP contribution in [0.4, 0.5) is 0 Å². The Kier molecular flexibility index (Phi) is 7.01. The highest BCUT2D eigenvalue weighted by Gasteiger charge is 2.24. The lowest BCUT2D eigenvalue weighted by Gasteiger charge is -2.40. The molecule has 0 saturated heterocycles. The van der Waals surface area contributed by atoms with Gasteiger partial charge in [0.2, 0.25) is 5.91 Å². The third-order valence-electron chi connectivity index (χ3n) is 2.29. The second-order valence-electron chi connectivity index (χ2n) is 4.37. The molecule has 2 N–H and O–H groups in total. The van der Waals surface area contributed by atoms with Crippen LogP contribution < -0.4 is 5.73 Å². The molecule has 16 heavy (non-hydrogen) atoms. The summed E-state index contributed by atoms with van der Waals surface area (Å²) < 4.78 is 0. The first-order chi connectivity index (χ1) is 7.45. The molecule has 0 rings (SSSR count). The molecule has 0 aliphatic heterocycles. The summed E-state index contributed by atoms with van der Waals surface area (Å²) in [6.45, 7) is 12.9. The van der Waals surface area contributed by atoms with E-state index in [-0.39, 0.29) is 18.0 Å². The Labute approximate surface area is 99.1 Å². The van der Waals surface area contributed by atoms with Crippen LogP contribution in [0.15, 0.2) is 12.7 Å². The van der Waals surface area contributed by atoms with E-state index >= 15 is 0 Å². The van der Waals surface area contributed by atoms with Gasteiger partial charge in [-0.1, -0.05) is 6.08 Å². The second kappa shape index (κ2) is 7.41. The predicted molar refractivity (Wildman–Crippen MR) is 67.7 cm³/mol. The van der Waals surface area contributed by atoms with Crippen molar-refractivity contribution in [3.8, 4) is 0 Å². The highest BCUT2D eigenvalue weighted by molar-refractivity contribution is 5.76. The minimum absolute atomic E-state index is 0.0600. The molecule has 0 heterocycles. The van der Waals surface area contributed by atoms with Gasteiger partial charge in [-0.05, 0) is 27.7 Å². The van der Waals surface area contributed by atoms with Crippen LogP contribution >= 0.6 is 0 Å². The Morgan fingerprint density at radius 1 is 1.31 bits per heavy atom. The van der Waals surface area contributed by atoms with Crippen LogP contribution in [0, 0.1) is 0 Å². The highest BCUT2D eigenvalue weighted by atomic mass is 16.2. The number of amides is 1. The van der Waals surface area contributed by atoms with Crippen LogP contribution in [0.1, 0.15) is 34.1 Å². The molecule has 0 aromatic heterocycles. The third-order valence-corrected chi connectivity index (χ3v) is 2.29. The van der Waals surface area contributed by atoms with Crippen LogP contribution in [0.25, 0.3) is 0 Å². The van der Waals surface area contributed by atoms with Gasteiger partial charge in [0.15, 0.2) is 0 Å². The van der Waals surface area contributed by atoms with Crippen LogP contribution in [0.2, 0.25) is 0 Å². The number of hydrogen-bond donors (Lipinski definition) is 1. The maximum Gasteiger partial charge on any atom is 0.238 e. The van der Waals surface area contributed by atoms with E-state index in [2.05, 4.69) is 39.3 Å². The molecule has 1 amide bonds. The summed E-state index contributed by atoms with van der Waals surface area (Å²) in [7, 11) is 0. The molecule has 94 valence electrons. The average molecular weight is 227 g/mol. The Morgan fingerprint density at radius 2 is 1.81 bits per heavy atom. The maximum atomic E-state index is 11.9. The van der Waals surface area contributed by atoms with Gasteiger partial charge in [0, 0.05) is 25.0 Å². The van der Waals surface area contributed by atoms with Crippen LogP contribution in [0.5, 0.6) is 0 Å². The fourth-order valence-electron chi connectivity index (χ4n) is 1.85. The zero-order valence-corrected chi connectivity index (χ0v) is 10.9. The van der Waals surface area contributed by atoms with Gasteiger partial charge < -0.3 is 5.73 Å². The van der Waals surface area contributed by atoms with Crippen LogP contribution in [-0.2, 0) is 4.79 Å². The topological polar surface area (TPSA) is 49.6 Å². The molecule has 0 aliphatic carbocycles. The van der Waals surface area contributed by atoms with E-state index in [1.54, 1.807) is 11.1 Å². The second-order valence-corrected chi connectivity index (χ2v) is 4.37. The van der Waals surface area contributed by atoms with Gasteiger partial charge in [0.05, 0.1) is 6.54 Å². The van der Waals surface area contributed by atoms with Crippen molar-refractivity contribution in [1.82, 2.24) is 10.0 Å². The standard InChI is InChI=1S/C12H25N3O/c1-6-9-14(12(16)7-8-13)15(10(2)3)11(4)5/h6,10-11H,1,7-9,13H2,2-5H3. The Hall–Kier alpha value is -0.870. The highest BCUT2D eigenvalue weighted by Crippen LogP contribution is 2.11. The van der Waals surface area contributed by atoms with Crippen molar-refractivity contribution in [2.24, 2.45) is 5.73 Å². The van der Waals surface area contributed by atoms with E-state index < -0.39 is 0 Å². The number of hydrazine groups is 1. The Bertz CT molecular complexity index is 218. The van der Waals surface area contributed by atoms with Gasteiger partial charge >= 0.3 is 0 Å².